The third-order valence-electron chi connectivity index (χ3n) is 1.98. The summed E-state index contributed by atoms with van der Waals surface area (Å²) in [5.41, 5.74) is 0. The van der Waals surface area contributed by atoms with Gasteiger partial charge in [0.1, 0.15) is 5.82 Å². The number of aliphatic hydroxyl groups excluding tert-OH is 1. The molecule has 0 atom stereocenters. The first-order valence-corrected chi connectivity index (χ1v) is 3.68. The molecule has 2 rings (SSSR count). The summed E-state index contributed by atoms with van der Waals surface area (Å²) in [7, 11) is 1.90. The largest absolute Gasteiger partial charge is 0.389 e. The molecular weight excluding hydrogens is 142 g/mol. The molecule has 1 aliphatic rings. The summed E-state index contributed by atoms with van der Waals surface area (Å²) in [5.74, 6) is 1.08. The number of hydrogen-bond acceptors (Lipinski definition) is 3. The van der Waals surface area contributed by atoms with E-state index < -0.39 is 0 Å². The third kappa shape index (κ3) is 0.991. The molecule has 2 heterocycles. The average Bonchev–Trinajstić information content (AvgIpc) is 2.29. The summed E-state index contributed by atoms with van der Waals surface area (Å²) in [5, 5.41) is 13.1. The topological polar surface area (TPSA) is 41.3 Å². The Bertz CT molecular complexity index is 252. The fourth-order valence-corrected chi connectivity index (χ4v) is 1.32. The predicted octanol–water partition coefficient (Wildman–Crippen LogP) is -0.399. The van der Waals surface area contributed by atoms with Gasteiger partial charge < -0.3 is 10.0 Å². The van der Waals surface area contributed by atoms with Crippen LogP contribution in [0.15, 0.2) is 12.3 Å². The fourth-order valence-electron chi connectivity index (χ4n) is 1.32. The highest BCUT2D eigenvalue weighted by Crippen LogP contribution is 2.18. The van der Waals surface area contributed by atoms with Gasteiger partial charge in [0, 0.05) is 26.2 Å². The minimum absolute atomic E-state index is 0.148. The molecular formula is C7H11N3O. The first-order chi connectivity index (χ1) is 5.27. The Kier molecular flexibility index (Phi) is 1.35. The number of anilines is 1. The molecule has 4 nitrogen and oxygen atoms in total. The number of aromatic nitrogens is 2. The van der Waals surface area contributed by atoms with E-state index in [1.807, 2.05) is 17.8 Å². The number of β-amino-alcohol motifs (C(OH)–C–C–N with tert-alkyl or cyclic N) is 1. The molecule has 0 spiro atoms. The normalized spacial score (nSPS) is 18.5. The summed E-state index contributed by atoms with van der Waals surface area (Å²) in [4.78, 5) is 2.09. The van der Waals surface area contributed by atoms with Gasteiger partial charge in [0.25, 0.3) is 0 Å². The molecule has 1 fully saturated rings. The van der Waals surface area contributed by atoms with E-state index in [2.05, 4.69) is 10.00 Å². The van der Waals surface area contributed by atoms with Crippen LogP contribution in [0.3, 0.4) is 0 Å². The van der Waals surface area contributed by atoms with Gasteiger partial charge in [0.05, 0.1) is 12.3 Å². The smallest absolute Gasteiger partial charge is 0.126 e. The molecule has 0 unspecified atom stereocenters. The molecule has 11 heavy (non-hydrogen) atoms. The number of hydrogen-bond donors (Lipinski definition) is 1. The number of rotatable bonds is 1. The summed E-state index contributed by atoms with van der Waals surface area (Å²) in [6, 6.07) is 1.95. The Hall–Kier alpha value is -1.03. The molecule has 1 aromatic heterocycles. The van der Waals surface area contributed by atoms with Crippen molar-refractivity contribution in [2.45, 2.75) is 6.10 Å². The lowest BCUT2D eigenvalue weighted by molar-refractivity contribution is 0.140. The standard InChI is InChI=1S/C7H11N3O/c1-9-7(2-3-8-9)10-4-6(11)5-10/h2-3,6,11H,4-5H2,1H3. The summed E-state index contributed by atoms with van der Waals surface area (Å²) >= 11 is 0. The highest BCUT2D eigenvalue weighted by atomic mass is 16.3. The van der Waals surface area contributed by atoms with E-state index in [0.717, 1.165) is 18.9 Å². The Morgan fingerprint density at radius 1 is 1.64 bits per heavy atom. The molecule has 0 saturated carbocycles. The first-order valence-electron chi connectivity index (χ1n) is 3.68. The second-order valence-electron chi connectivity index (χ2n) is 2.87. The van der Waals surface area contributed by atoms with E-state index in [4.69, 9.17) is 5.11 Å². The van der Waals surface area contributed by atoms with Crippen molar-refractivity contribution in [1.82, 2.24) is 9.78 Å². The lowest BCUT2D eigenvalue weighted by Crippen LogP contribution is -2.51. The molecule has 1 saturated heterocycles. The van der Waals surface area contributed by atoms with Gasteiger partial charge in [-0.3, -0.25) is 4.68 Å². The third-order valence-corrected chi connectivity index (χ3v) is 1.98. The zero-order chi connectivity index (χ0) is 7.84. The molecule has 0 bridgehead atoms. The minimum Gasteiger partial charge on any atom is -0.389 e. The van der Waals surface area contributed by atoms with E-state index in [9.17, 15) is 0 Å². The lowest BCUT2D eigenvalue weighted by Gasteiger charge is -2.37. The van der Waals surface area contributed by atoms with Gasteiger partial charge in [-0.2, -0.15) is 5.10 Å². The average molecular weight is 153 g/mol. The summed E-state index contributed by atoms with van der Waals surface area (Å²) in [6.45, 7) is 1.47. The molecule has 4 heteroatoms. The van der Waals surface area contributed by atoms with Gasteiger partial charge in [-0.05, 0) is 0 Å². The number of aryl methyl sites for hydroxylation is 1. The van der Waals surface area contributed by atoms with E-state index in [0.29, 0.717) is 0 Å². The van der Waals surface area contributed by atoms with Gasteiger partial charge in [-0.1, -0.05) is 0 Å². The van der Waals surface area contributed by atoms with E-state index in [-0.39, 0.29) is 6.10 Å². The SMILES string of the molecule is Cn1nccc1N1CC(O)C1. The van der Waals surface area contributed by atoms with Gasteiger partial charge in [-0.25, -0.2) is 0 Å². The van der Waals surface area contributed by atoms with Crippen LogP contribution in [0.5, 0.6) is 0 Å². The van der Waals surface area contributed by atoms with Crippen molar-refractivity contribution in [3.05, 3.63) is 12.3 Å². The number of nitrogens with zero attached hydrogens (tertiary/aromatic N) is 3. The molecule has 0 radical (unpaired) electrons. The Morgan fingerprint density at radius 2 is 2.36 bits per heavy atom. The zero-order valence-electron chi connectivity index (χ0n) is 6.44. The quantitative estimate of drug-likeness (QED) is 0.597. The van der Waals surface area contributed by atoms with Crippen molar-refractivity contribution < 1.29 is 5.11 Å². The summed E-state index contributed by atoms with van der Waals surface area (Å²) < 4.78 is 1.81. The van der Waals surface area contributed by atoms with Crippen LogP contribution in [0.25, 0.3) is 0 Å². The van der Waals surface area contributed by atoms with Crippen LogP contribution in [-0.2, 0) is 7.05 Å². The van der Waals surface area contributed by atoms with Crippen molar-refractivity contribution in [3.63, 3.8) is 0 Å². The molecule has 0 aliphatic carbocycles. The molecule has 0 aromatic carbocycles. The van der Waals surface area contributed by atoms with Crippen molar-refractivity contribution >= 4 is 5.82 Å². The molecule has 1 N–H and O–H groups in total. The van der Waals surface area contributed by atoms with Crippen molar-refractivity contribution in [1.29, 1.82) is 0 Å². The second kappa shape index (κ2) is 2.23. The highest BCUT2D eigenvalue weighted by Gasteiger charge is 2.25. The fraction of sp³-hybridized carbons (Fsp3) is 0.571. The van der Waals surface area contributed by atoms with E-state index in [1.54, 1.807) is 6.20 Å². The zero-order valence-corrected chi connectivity index (χ0v) is 6.44. The van der Waals surface area contributed by atoms with Crippen molar-refractivity contribution in [2.24, 2.45) is 7.05 Å². The van der Waals surface area contributed by atoms with Crippen LogP contribution in [0.2, 0.25) is 0 Å². The maximum atomic E-state index is 9.04. The Balaban J connectivity index is 2.12. The number of aliphatic hydroxyl groups is 1. The van der Waals surface area contributed by atoms with Crippen molar-refractivity contribution in [3.8, 4) is 0 Å². The summed E-state index contributed by atoms with van der Waals surface area (Å²) in [6.07, 6.45) is 1.62. The van der Waals surface area contributed by atoms with Crippen LogP contribution in [0, 0.1) is 0 Å². The second-order valence-corrected chi connectivity index (χ2v) is 2.87. The van der Waals surface area contributed by atoms with Crippen LogP contribution in [-0.4, -0.2) is 34.1 Å². The molecule has 1 aliphatic heterocycles. The maximum absolute atomic E-state index is 9.04. The monoisotopic (exact) mass is 153 g/mol. The maximum Gasteiger partial charge on any atom is 0.126 e. The predicted molar refractivity (Wildman–Crippen MR) is 41.4 cm³/mol. The van der Waals surface area contributed by atoms with Gasteiger partial charge in [-0.15, -0.1) is 0 Å². The van der Waals surface area contributed by atoms with Gasteiger partial charge in [0.2, 0.25) is 0 Å². The van der Waals surface area contributed by atoms with Crippen LogP contribution in [0.1, 0.15) is 0 Å². The van der Waals surface area contributed by atoms with Gasteiger partial charge >= 0.3 is 0 Å². The molecule has 60 valence electrons. The first kappa shape index (κ1) is 6.67. The molecule has 0 amide bonds. The van der Waals surface area contributed by atoms with E-state index in [1.165, 1.54) is 0 Å². The Labute approximate surface area is 65.0 Å². The lowest BCUT2D eigenvalue weighted by atomic mass is 10.2. The van der Waals surface area contributed by atoms with Crippen LogP contribution in [0.4, 0.5) is 5.82 Å². The van der Waals surface area contributed by atoms with Crippen LogP contribution < -0.4 is 4.90 Å². The molecule has 1 aromatic rings. The van der Waals surface area contributed by atoms with Gasteiger partial charge in [0.15, 0.2) is 0 Å². The minimum atomic E-state index is -0.148. The van der Waals surface area contributed by atoms with Crippen molar-refractivity contribution in [2.75, 3.05) is 18.0 Å². The highest BCUT2D eigenvalue weighted by molar-refractivity contribution is 5.41. The van der Waals surface area contributed by atoms with E-state index >= 15 is 0 Å². The van der Waals surface area contributed by atoms with Crippen LogP contribution >= 0.6 is 0 Å². The Morgan fingerprint density at radius 3 is 2.82 bits per heavy atom.